The van der Waals surface area contributed by atoms with Crippen LogP contribution in [0.4, 0.5) is 0 Å². The van der Waals surface area contributed by atoms with Crippen LogP contribution in [0.25, 0.3) is 0 Å². The van der Waals surface area contributed by atoms with Crippen LogP contribution in [-0.2, 0) is 5.60 Å². The molecule has 1 aromatic heterocycles. The Morgan fingerprint density at radius 1 is 1.33 bits per heavy atom. The van der Waals surface area contributed by atoms with Crippen molar-refractivity contribution in [1.82, 2.24) is 5.32 Å². The zero-order chi connectivity index (χ0) is 15.5. The van der Waals surface area contributed by atoms with Gasteiger partial charge in [-0.2, -0.15) is 0 Å². The third kappa shape index (κ3) is 3.68. The molecule has 2 rings (SSSR count). The van der Waals surface area contributed by atoms with Crippen molar-refractivity contribution in [3.63, 3.8) is 0 Å². The van der Waals surface area contributed by atoms with E-state index in [2.05, 4.69) is 5.32 Å². The average Bonchev–Trinajstić information content (AvgIpc) is 2.96. The molecular formula is C15H16N2O3S. The van der Waals surface area contributed by atoms with E-state index in [1.54, 1.807) is 19.1 Å². The van der Waals surface area contributed by atoms with Crippen molar-refractivity contribution < 1.29 is 14.7 Å². The van der Waals surface area contributed by atoms with E-state index < -0.39 is 11.5 Å². The maximum atomic E-state index is 12.0. The highest BCUT2D eigenvalue weighted by molar-refractivity contribution is 7.12. The molecular weight excluding hydrogens is 288 g/mol. The molecule has 0 aliphatic carbocycles. The third-order valence-electron chi connectivity index (χ3n) is 3.10. The van der Waals surface area contributed by atoms with Crippen LogP contribution in [0.5, 0.6) is 0 Å². The van der Waals surface area contributed by atoms with Crippen molar-refractivity contribution in [2.24, 2.45) is 5.73 Å². The van der Waals surface area contributed by atoms with E-state index in [1.165, 1.54) is 11.4 Å². The van der Waals surface area contributed by atoms with E-state index in [9.17, 15) is 14.7 Å². The van der Waals surface area contributed by atoms with Gasteiger partial charge in [-0.25, -0.2) is 0 Å². The number of primary amides is 1. The Labute approximate surface area is 126 Å². The van der Waals surface area contributed by atoms with Crippen LogP contribution in [0, 0.1) is 0 Å². The molecule has 0 saturated carbocycles. The number of nitrogens with one attached hydrogen (secondary N) is 1. The fourth-order valence-electron chi connectivity index (χ4n) is 1.82. The molecule has 6 heteroatoms. The molecule has 1 atom stereocenters. The summed E-state index contributed by atoms with van der Waals surface area (Å²) in [5.74, 6) is -0.912. The molecule has 5 nitrogen and oxygen atoms in total. The third-order valence-corrected chi connectivity index (χ3v) is 4.03. The molecule has 0 aliphatic heterocycles. The highest BCUT2D eigenvalue weighted by Crippen LogP contribution is 2.20. The SMILES string of the molecule is CC(O)(CNC(=O)c1cc(C(N)=O)cs1)c1ccccc1. The van der Waals surface area contributed by atoms with Gasteiger partial charge in [-0.15, -0.1) is 11.3 Å². The first-order valence-electron chi connectivity index (χ1n) is 6.34. The van der Waals surface area contributed by atoms with E-state index >= 15 is 0 Å². The van der Waals surface area contributed by atoms with Gasteiger partial charge in [0, 0.05) is 5.38 Å². The van der Waals surface area contributed by atoms with Crippen LogP contribution in [0.3, 0.4) is 0 Å². The van der Waals surface area contributed by atoms with Crippen molar-refractivity contribution in [2.75, 3.05) is 6.54 Å². The van der Waals surface area contributed by atoms with Crippen molar-refractivity contribution in [3.05, 3.63) is 57.8 Å². The van der Waals surface area contributed by atoms with Crippen molar-refractivity contribution in [2.45, 2.75) is 12.5 Å². The van der Waals surface area contributed by atoms with Crippen molar-refractivity contribution in [1.29, 1.82) is 0 Å². The fraction of sp³-hybridized carbons (Fsp3) is 0.200. The predicted molar refractivity (Wildman–Crippen MR) is 81.2 cm³/mol. The molecule has 0 bridgehead atoms. The maximum absolute atomic E-state index is 12.0. The topological polar surface area (TPSA) is 92.4 Å². The van der Waals surface area contributed by atoms with Gasteiger partial charge in [0.2, 0.25) is 5.91 Å². The Morgan fingerprint density at radius 3 is 2.57 bits per heavy atom. The molecule has 110 valence electrons. The quantitative estimate of drug-likeness (QED) is 0.781. The van der Waals surface area contributed by atoms with Gasteiger partial charge in [-0.3, -0.25) is 9.59 Å². The van der Waals surface area contributed by atoms with Crippen molar-refractivity contribution >= 4 is 23.2 Å². The Hall–Kier alpha value is -2.18. The number of carbonyl (C=O) groups excluding carboxylic acids is 2. The fourth-order valence-corrected chi connectivity index (χ4v) is 2.64. The first kappa shape index (κ1) is 15.2. The minimum Gasteiger partial charge on any atom is -0.384 e. The lowest BCUT2D eigenvalue weighted by molar-refractivity contribution is 0.0527. The second kappa shape index (κ2) is 6.07. The van der Waals surface area contributed by atoms with E-state index in [-0.39, 0.29) is 12.5 Å². The van der Waals surface area contributed by atoms with Crippen LogP contribution in [0.2, 0.25) is 0 Å². The molecule has 1 heterocycles. The number of thiophene rings is 1. The monoisotopic (exact) mass is 304 g/mol. The summed E-state index contributed by atoms with van der Waals surface area (Å²) in [4.78, 5) is 23.4. The number of benzene rings is 1. The number of rotatable bonds is 5. The molecule has 4 N–H and O–H groups in total. The first-order valence-corrected chi connectivity index (χ1v) is 7.22. The van der Waals surface area contributed by atoms with Crippen molar-refractivity contribution in [3.8, 4) is 0 Å². The predicted octanol–water partition coefficient (Wildman–Crippen LogP) is 1.48. The zero-order valence-electron chi connectivity index (χ0n) is 11.5. The van der Waals surface area contributed by atoms with Gasteiger partial charge in [-0.1, -0.05) is 30.3 Å². The minimum absolute atomic E-state index is 0.0691. The maximum Gasteiger partial charge on any atom is 0.261 e. The summed E-state index contributed by atoms with van der Waals surface area (Å²) in [5.41, 5.74) is 5.00. The summed E-state index contributed by atoms with van der Waals surface area (Å²) in [5, 5.41) is 14.6. The number of aliphatic hydroxyl groups is 1. The van der Waals surface area contributed by atoms with Gasteiger partial charge in [0.15, 0.2) is 0 Å². The summed E-state index contributed by atoms with van der Waals surface area (Å²) in [6, 6.07) is 10.5. The van der Waals surface area contributed by atoms with Crippen LogP contribution < -0.4 is 11.1 Å². The molecule has 1 unspecified atom stereocenters. The Balaban J connectivity index is 2.01. The lowest BCUT2D eigenvalue weighted by Crippen LogP contribution is -2.38. The minimum atomic E-state index is -1.17. The van der Waals surface area contributed by atoms with Gasteiger partial charge in [0.25, 0.3) is 5.91 Å². The standard InChI is InChI=1S/C15H16N2O3S/c1-15(20,11-5-3-2-4-6-11)9-17-14(19)12-7-10(8-21-12)13(16)18/h2-8,20H,9H2,1H3,(H2,16,18)(H,17,19). The second-order valence-electron chi connectivity index (χ2n) is 4.89. The average molecular weight is 304 g/mol. The van der Waals surface area contributed by atoms with Gasteiger partial charge in [0.1, 0.15) is 5.60 Å². The summed E-state index contributed by atoms with van der Waals surface area (Å²) in [7, 11) is 0. The van der Waals surface area contributed by atoms with Gasteiger partial charge in [0.05, 0.1) is 17.0 Å². The largest absolute Gasteiger partial charge is 0.384 e. The van der Waals surface area contributed by atoms with Crippen LogP contribution in [0.1, 0.15) is 32.5 Å². The molecule has 1 aromatic carbocycles. The molecule has 0 spiro atoms. The lowest BCUT2D eigenvalue weighted by atomic mass is 9.96. The summed E-state index contributed by atoms with van der Waals surface area (Å²) < 4.78 is 0. The number of nitrogens with two attached hydrogens (primary N) is 1. The zero-order valence-corrected chi connectivity index (χ0v) is 12.3. The smallest absolute Gasteiger partial charge is 0.261 e. The summed E-state index contributed by atoms with van der Waals surface area (Å²) in [6.45, 7) is 1.70. The number of hydrogen-bond donors (Lipinski definition) is 3. The van der Waals surface area contributed by atoms with E-state index in [4.69, 9.17) is 5.73 Å². The van der Waals surface area contributed by atoms with Gasteiger partial charge in [-0.05, 0) is 18.6 Å². The molecule has 0 radical (unpaired) electrons. The number of carbonyl (C=O) groups is 2. The highest BCUT2D eigenvalue weighted by Gasteiger charge is 2.24. The molecule has 0 saturated heterocycles. The second-order valence-corrected chi connectivity index (χ2v) is 5.80. The van der Waals surface area contributed by atoms with Gasteiger partial charge >= 0.3 is 0 Å². The van der Waals surface area contributed by atoms with E-state index in [0.717, 1.165) is 11.3 Å². The summed E-state index contributed by atoms with van der Waals surface area (Å²) in [6.07, 6.45) is 0. The van der Waals surface area contributed by atoms with E-state index in [0.29, 0.717) is 16.0 Å². The normalized spacial score (nSPS) is 13.4. The number of hydrogen-bond acceptors (Lipinski definition) is 4. The molecule has 0 fully saturated rings. The van der Waals surface area contributed by atoms with Crippen LogP contribution in [-0.4, -0.2) is 23.5 Å². The Kier molecular flexibility index (Phi) is 4.40. The molecule has 0 aliphatic rings. The summed E-state index contributed by atoms with van der Waals surface area (Å²) >= 11 is 1.14. The highest BCUT2D eigenvalue weighted by atomic mass is 32.1. The molecule has 2 aromatic rings. The Morgan fingerprint density at radius 2 is 2.00 bits per heavy atom. The Bertz CT molecular complexity index is 650. The lowest BCUT2D eigenvalue weighted by Gasteiger charge is -2.24. The molecule has 2 amide bonds. The first-order chi connectivity index (χ1) is 9.90. The van der Waals surface area contributed by atoms with Gasteiger partial charge < -0.3 is 16.2 Å². The van der Waals surface area contributed by atoms with E-state index in [1.807, 2.05) is 18.2 Å². The molecule has 21 heavy (non-hydrogen) atoms. The number of amides is 2. The van der Waals surface area contributed by atoms with Crippen LogP contribution >= 0.6 is 11.3 Å². The van der Waals surface area contributed by atoms with Crippen LogP contribution in [0.15, 0.2) is 41.8 Å².